The molecule has 0 bridgehead atoms. The summed E-state index contributed by atoms with van der Waals surface area (Å²) < 4.78 is 6.81. The molecule has 0 spiro atoms. The fourth-order valence-electron chi connectivity index (χ4n) is 2.43. The molecule has 0 fully saturated rings. The van der Waals surface area contributed by atoms with Gasteiger partial charge in [-0.3, -0.25) is 9.59 Å². The van der Waals surface area contributed by atoms with Crippen molar-refractivity contribution >= 4 is 17.5 Å². The maximum absolute atomic E-state index is 12.6. The number of amides is 1. The third-order valence-corrected chi connectivity index (χ3v) is 4.09. The Labute approximate surface area is 161 Å². The molecule has 6 nitrogen and oxygen atoms in total. The lowest BCUT2D eigenvalue weighted by atomic mass is 10.3. The molecule has 0 aliphatic carbocycles. The van der Waals surface area contributed by atoms with E-state index in [1.54, 1.807) is 55.6 Å². The van der Waals surface area contributed by atoms with Gasteiger partial charge in [0, 0.05) is 18.1 Å². The van der Waals surface area contributed by atoms with Crippen LogP contribution in [-0.2, 0) is 0 Å². The number of halogens is 1. The van der Waals surface area contributed by atoms with Crippen LogP contribution < -0.4 is 10.3 Å². The van der Waals surface area contributed by atoms with Gasteiger partial charge in [-0.2, -0.15) is 9.78 Å². The Morgan fingerprint density at radius 2 is 1.89 bits per heavy atom. The van der Waals surface area contributed by atoms with Crippen molar-refractivity contribution in [3.8, 4) is 11.4 Å². The van der Waals surface area contributed by atoms with Crippen LogP contribution in [0.1, 0.15) is 10.5 Å². The van der Waals surface area contributed by atoms with Crippen molar-refractivity contribution in [1.29, 1.82) is 0 Å². The highest BCUT2D eigenvalue weighted by atomic mass is 35.5. The molecule has 7 heteroatoms. The van der Waals surface area contributed by atoms with Gasteiger partial charge in [0.15, 0.2) is 0 Å². The van der Waals surface area contributed by atoms with Crippen molar-refractivity contribution in [3.63, 3.8) is 0 Å². The van der Waals surface area contributed by atoms with Gasteiger partial charge in [-0.1, -0.05) is 35.9 Å². The fraction of sp³-hybridized carbons (Fsp3) is 0.150. The van der Waals surface area contributed by atoms with E-state index in [0.717, 1.165) is 0 Å². The van der Waals surface area contributed by atoms with Gasteiger partial charge in [0.25, 0.3) is 11.5 Å². The minimum Gasteiger partial charge on any atom is -0.492 e. The van der Waals surface area contributed by atoms with Crippen molar-refractivity contribution in [2.75, 3.05) is 20.2 Å². The van der Waals surface area contributed by atoms with Crippen LogP contribution in [0.5, 0.6) is 5.75 Å². The molecule has 0 aliphatic rings. The number of benzene rings is 2. The van der Waals surface area contributed by atoms with Crippen LogP contribution in [0.25, 0.3) is 5.69 Å². The van der Waals surface area contributed by atoms with Gasteiger partial charge in [0.1, 0.15) is 18.1 Å². The Kier molecular flexibility index (Phi) is 5.88. The summed E-state index contributed by atoms with van der Waals surface area (Å²) in [7, 11) is 1.66. The van der Waals surface area contributed by atoms with E-state index in [4.69, 9.17) is 16.3 Å². The molecule has 2 aromatic carbocycles. The van der Waals surface area contributed by atoms with Crippen molar-refractivity contribution < 1.29 is 9.53 Å². The summed E-state index contributed by atoms with van der Waals surface area (Å²) in [5, 5.41) is 4.78. The topological polar surface area (TPSA) is 64.4 Å². The monoisotopic (exact) mass is 383 g/mol. The van der Waals surface area contributed by atoms with Gasteiger partial charge >= 0.3 is 0 Å². The summed E-state index contributed by atoms with van der Waals surface area (Å²) in [6, 6.07) is 18.8. The zero-order valence-corrected chi connectivity index (χ0v) is 15.5. The zero-order valence-electron chi connectivity index (χ0n) is 14.7. The first-order valence-corrected chi connectivity index (χ1v) is 8.72. The molecule has 3 rings (SSSR count). The summed E-state index contributed by atoms with van der Waals surface area (Å²) in [4.78, 5) is 26.2. The van der Waals surface area contributed by atoms with Crippen LogP contribution in [0.2, 0.25) is 5.02 Å². The average Bonchev–Trinajstić information content (AvgIpc) is 2.68. The normalized spacial score (nSPS) is 10.4. The Balaban J connectivity index is 1.67. The molecular formula is C20H18ClN3O3. The van der Waals surface area contributed by atoms with E-state index in [1.165, 1.54) is 21.7 Å². The van der Waals surface area contributed by atoms with E-state index in [-0.39, 0.29) is 17.2 Å². The summed E-state index contributed by atoms with van der Waals surface area (Å²) >= 11 is 5.91. The third kappa shape index (κ3) is 4.74. The summed E-state index contributed by atoms with van der Waals surface area (Å²) in [6.45, 7) is 0.665. The summed E-state index contributed by atoms with van der Waals surface area (Å²) in [6.07, 6.45) is 0. The smallest absolute Gasteiger partial charge is 0.274 e. The highest BCUT2D eigenvalue weighted by molar-refractivity contribution is 6.30. The number of carbonyl (C=O) groups is 1. The molecule has 0 saturated heterocycles. The molecule has 3 aromatic rings. The minimum atomic E-state index is -0.301. The number of hydrogen-bond donors (Lipinski definition) is 0. The number of rotatable bonds is 6. The molecule has 0 aliphatic heterocycles. The Hall–Kier alpha value is -3.12. The molecular weight excluding hydrogens is 366 g/mol. The van der Waals surface area contributed by atoms with Crippen LogP contribution in [-0.4, -0.2) is 40.8 Å². The van der Waals surface area contributed by atoms with Crippen molar-refractivity contribution in [1.82, 2.24) is 14.7 Å². The van der Waals surface area contributed by atoms with Crippen molar-refractivity contribution in [2.24, 2.45) is 0 Å². The second-order valence-corrected chi connectivity index (χ2v) is 6.27. The molecule has 0 atom stereocenters. The lowest BCUT2D eigenvalue weighted by Crippen LogP contribution is -2.33. The number of nitrogens with zero attached hydrogens (tertiary/aromatic N) is 3. The molecule has 1 amide bonds. The largest absolute Gasteiger partial charge is 0.492 e. The number of hydrogen-bond acceptors (Lipinski definition) is 4. The van der Waals surface area contributed by atoms with Gasteiger partial charge in [-0.05, 0) is 36.4 Å². The van der Waals surface area contributed by atoms with Gasteiger partial charge in [-0.25, -0.2) is 0 Å². The molecule has 0 saturated carbocycles. The van der Waals surface area contributed by atoms with E-state index < -0.39 is 0 Å². The molecule has 0 unspecified atom stereocenters. The fourth-order valence-corrected chi connectivity index (χ4v) is 2.61. The van der Waals surface area contributed by atoms with E-state index in [9.17, 15) is 9.59 Å². The van der Waals surface area contributed by atoms with Crippen molar-refractivity contribution in [3.05, 3.63) is 87.8 Å². The molecule has 138 valence electrons. The minimum absolute atomic E-state index is 0.184. The van der Waals surface area contributed by atoms with E-state index >= 15 is 0 Å². The van der Waals surface area contributed by atoms with E-state index in [1.807, 2.05) is 6.07 Å². The maximum Gasteiger partial charge on any atom is 0.274 e. The van der Waals surface area contributed by atoms with E-state index in [2.05, 4.69) is 5.10 Å². The molecule has 1 aromatic heterocycles. The van der Waals surface area contributed by atoms with Crippen LogP contribution >= 0.6 is 11.6 Å². The second kappa shape index (κ2) is 8.51. The lowest BCUT2D eigenvalue weighted by molar-refractivity contribution is 0.0766. The number of likely N-dealkylation sites (N-methyl/N-ethyl adjacent to an activating group) is 1. The molecule has 0 N–H and O–H groups in total. The maximum atomic E-state index is 12.6. The third-order valence-electron chi connectivity index (χ3n) is 3.86. The highest BCUT2D eigenvalue weighted by Crippen LogP contribution is 2.17. The van der Waals surface area contributed by atoms with Crippen LogP contribution in [0.15, 0.2) is 71.5 Å². The molecule has 1 heterocycles. The van der Waals surface area contributed by atoms with Gasteiger partial charge in [0.05, 0.1) is 12.2 Å². The molecule has 0 radical (unpaired) electrons. The van der Waals surface area contributed by atoms with E-state index in [0.29, 0.717) is 29.6 Å². The average molecular weight is 384 g/mol. The Morgan fingerprint density at radius 3 is 2.63 bits per heavy atom. The quantitative estimate of drug-likeness (QED) is 0.656. The van der Waals surface area contributed by atoms with Gasteiger partial charge in [-0.15, -0.1) is 0 Å². The first-order chi connectivity index (χ1) is 13.0. The standard InChI is InChI=1S/C20H18ClN3O3/c1-23(12-13-27-17-9-5-6-15(21)14-17)20(26)18-10-11-19(25)24(22-18)16-7-3-2-4-8-16/h2-11,14H,12-13H2,1H3. The van der Waals surface area contributed by atoms with Crippen molar-refractivity contribution in [2.45, 2.75) is 0 Å². The van der Waals surface area contributed by atoms with Crippen LogP contribution in [0.3, 0.4) is 0 Å². The Morgan fingerprint density at radius 1 is 1.11 bits per heavy atom. The summed E-state index contributed by atoms with van der Waals surface area (Å²) in [5.74, 6) is 0.341. The predicted molar refractivity (Wildman–Crippen MR) is 104 cm³/mol. The lowest BCUT2D eigenvalue weighted by Gasteiger charge is -2.17. The summed E-state index contributed by atoms with van der Waals surface area (Å²) in [5.41, 5.74) is 0.484. The second-order valence-electron chi connectivity index (χ2n) is 5.84. The SMILES string of the molecule is CN(CCOc1cccc(Cl)c1)C(=O)c1ccc(=O)n(-c2ccccc2)n1. The first kappa shape index (κ1) is 18.7. The predicted octanol–water partition coefficient (Wildman–Crippen LogP) is 3.04. The van der Waals surface area contributed by atoms with Crippen LogP contribution in [0.4, 0.5) is 0 Å². The number of ether oxygens (including phenoxy) is 1. The van der Waals surface area contributed by atoms with Gasteiger partial charge < -0.3 is 9.64 Å². The van der Waals surface area contributed by atoms with Crippen LogP contribution in [0, 0.1) is 0 Å². The first-order valence-electron chi connectivity index (χ1n) is 8.34. The highest BCUT2D eigenvalue weighted by Gasteiger charge is 2.15. The molecule has 27 heavy (non-hydrogen) atoms. The number of para-hydroxylation sites is 1. The number of aromatic nitrogens is 2. The number of carbonyl (C=O) groups excluding carboxylic acids is 1. The van der Waals surface area contributed by atoms with Gasteiger partial charge in [0.2, 0.25) is 0 Å². The Bertz CT molecular complexity index is 989. The zero-order chi connectivity index (χ0) is 19.2.